The molecular formula is C80H156O17P2. The molecule has 0 radical (unpaired) electrons. The van der Waals surface area contributed by atoms with Gasteiger partial charge in [-0.25, -0.2) is 9.13 Å². The van der Waals surface area contributed by atoms with Gasteiger partial charge in [-0.15, -0.1) is 0 Å². The van der Waals surface area contributed by atoms with E-state index in [1.807, 2.05) is 0 Å². The minimum Gasteiger partial charge on any atom is -0.462 e. The number of carbonyl (C=O) groups is 4. The highest BCUT2D eigenvalue weighted by Gasteiger charge is 2.30. The number of unbranched alkanes of at least 4 members (excludes halogenated alkanes) is 49. The lowest BCUT2D eigenvalue weighted by Crippen LogP contribution is -2.30. The Kier molecular flexibility index (Phi) is 70.3. The van der Waals surface area contributed by atoms with Crippen LogP contribution in [0.1, 0.15) is 420 Å². The molecule has 0 aliphatic carbocycles. The van der Waals surface area contributed by atoms with Crippen molar-refractivity contribution in [1.29, 1.82) is 0 Å². The average molecular weight is 1450 g/mol. The van der Waals surface area contributed by atoms with E-state index < -0.39 is 97.5 Å². The Morgan fingerprint density at radius 2 is 0.465 bits per heavy atom. The van der Waals surface area contributed by atoms with Gasteiger partial charge in [0.05, 0.1) is 26.4 Å². The van der Waals surface area contributed by atoms with Gasteiger partial charge in [0.2, 0.25) is 0 Å². The number of ether oxygens (including phenoxy) is 4. The predicted octanol–water partition coefficient (Wildman–Crippen LogP) is 23.9. The van der Waals surface area contributed by atoms with Gasteiger partial charge in [0.15, 0.2) is 12.2 Å². The van der Waals surface area contributed by atoms with Crippen LogP contribution in [0.2, 0.25) is 0 Å². The van der Waals surface area contributed by atoms with Crippen molar-refractivity contribution < 1.29 is 80.2 Å². The molecule has 0 aromatic heterocycles. The molecule has 2 unspecified atom stereocenters. The number of phosphoric ester groups is 2. The number of hydrogen-bond acceptors (Lipinski definition) is 15. The Morgan fingerprint density at radius 1 is 0.273 bits per heavy atom. The Hall–Kier alpha value is -1.94. The van der Waals surface area contributed by atoms with E-state index in [1.165, 1.54) is 238 Å². The number of aliphatic hydroxyl groups is 1. The molecule has 0 saturated carbocycles. The van der Waals surface area contributed by atoms with Crippen molar-refractivity contribution >= 4 is 39.5 Å². The fourth-order valence-corrected chi connectivity index (χ4v) is 13.9. The molecule has 0 spiro atoms. The Bertz CT molecular complexity index is 1910. The van der Waals surface area contributed by atoms with Crippen molar-refractivity contribution in [2.24, 2.45) is 11.8 Å². The first kappa shape index (κ1) is 97.1. The van der Waals surface area contributed by atoms with Gasteiger partial charge in [0.1, 0.15) is 19.3 Å². The lowest BCUT2D eigenvalue weighted by atomic mass is 10.0. The quantitative estimate of drug-likeness (QED) is 0.0222. The molecule has 0 aromatic rings. The average Bonchev–Trinajstić information content (AvgIpc) is 1.00. The van der Waals surface area contributed by atoms with Crippen molar-refractivity contribution in [2.45, 2.75) is 439 Å². The largest absolute Gasteiger partial charge is 0.472 e. The lowest BCUT2D eigenvalue weighted by molar-refractivity contribution is -0.161. The molecule has 0 aliphatic rings. The smallest absolute Gasteiger partial charge is 0.462 e. The van der Waals surface area contributed by atoms with Crippen LogP contribution in [0.5, 0.6) is 0 Å². The Morgan fingerprint density at radius 3 is 0.687 bits per heavy atom. The summed E-state index contributed by atoms with van der Waals surface area (Å²) in [5.41, 5.74) is 0. The van der Waals surface area contributed by atoms with E-state index in [4.69, 9.17) is 37.0 Å². The molecule has 0 aromatic carbocycles. The van der Waals surface area contributed by atoms with Gasteiger partial charge in [-0.3, -0.25) is 37.3 Å². The Labute approximate surface area is 607 Å². The molecular weight excluding hydrogens is 1290 g/mol. The zero-order chi connectivity index (χ0) is 72.8. The maximum Gasteiger partial charge on any atom is 0.472 e. The summed E-state index contributed by atoms with van der Waals surface area (Å²) in [7, 11) is -9.92. The third-order valence-corrected chi connectivity index (χ3v) is 20.6. The zero-order valence-electron chi connectivity index (χ0n) is 64.8. The van der Waals surface area contributed by atoms with Gasteiger partial charge in [-0.05, 0) is 37.5 Å². The Balaban J connectivity index is 5.25. The highest BCUT2D eigenvalue weighted by molar-refractivity contribution is 7.47. The highest BCUT2D eigenvalue weighted by atomic mass is 31.2. The number of esters is 4. The van der Waals surface area contributed by atoms with Crippen LogP contribution in [0, 0.1) is 11.8 Å². The minimum absolute atomic E-state index is 0.108. The fraction of sp³-hybridized carbons (Fsp3) is 0.950. The van der Waals surface area contributed by atoms with Gasteiger partial charge in [0.25, 0.3) is 0 Å². The van der Waals surface area contributed by atoms with E-state index >= 15 is 0 Å². The first-order valence-corrected chi connectivity index (χ1v) is 44.5. The van der Waals surface area contributed by atoms with E-state index in [2.05, 4.69) is 41.5 Å². The van der Waals surface area contributed by atoms with Crippen molar-refractivity contribution in [3.05, 3.63) is 0 Å². The van der Waals surface area contributed by atoms with Crippen LogP contribution in [0.25, 0.3) is 0 Å². The second kappa shape index (κ2) is 71.7. The van der Waals surface area contributed by atoms with Crippen LogP contribution in [0.4, 0.5) is 0 Å². The molecule has 99 heavy (non-hydrogen) atoms. The molecule has 3 N–H and O–H groups in total. The van der Waals surface area contributed by atoms with Gasteiger partial charge in [-0.1, -0.05) is 369 Å². The van der Waals surface area contributed by atoms with E-state index in [9.17, 15) is 43.2 Å². The second-order valence-electron chi connectivity index (χ2n) is 29.8. The SMILES string of the molecule is CCCCCCCCCCCCCCCC(=O)O[C@H](COC(=O)CCCCCCCCCCCCC)COP(=O)(O)OC[C@H](O)COP(=O)(O)OC[C@@H](COC(=O)CCCCCCCCCCCCCCCCC(C)C)OC(=O)CCCCCCCCCCCCCCCCCC(C)C. The van der Waals surface area contributed by atoms with Crippen molar-refractivity contribution in [3.63, 3.8) is 0 Å². The maximum absolute atomic E-state index is 13.1. The first-order chi connectivity index (χ1) is 47.9. The van der Waals surface area contributed by atoms with Gasteiger partial charge in [-0.2, -0.15) is 0 Å². The molecule has 0 fully saturated rings. The summed E-state index contributed by atoms with van der Waals surface area (Å²) in [6.07, 6.45) is 60.9. The number of hydrogen-bond donors (Lipinski definition) is 3. The van der Waals surface area contributed by atoms with Gasteiger partial charge in [0, 0.05) is 25.7 Å². The topological polar surface area (TPSA) is 237 Å². The highest BCUT2D eigenvalue weighted by Crippen LogP contribution is 2.45. The first-order valence-electron chi connectivity index (χ1n) is 41.5. The summed E-state index contributed by atoms with van der Waals surface area (Å²) in [6.45, 7) is 9.68. The molecule has 19 heteroatoms. The summed E-state index contributed by atoms with van der Waals surface area (Å²) in [5.74, 6) is -0.505. The summed E-state index contributed by atoms with van der Waals surface area (Å²) in [5, 5.41) is 10.6. The number of carbonyl (C=O) groups excluding carboxylic acids is 4. The lowest BCUT2D eigenvalue weighted by Gasteiger charge is -2.21. The van der Waals surface area contributed by atoms with Crippen LogP contribution in [0.15, 0.2) is 0 Å². The molecule has 0 amide bonds. The summed E-state index contributed by atoms with van der Waals surface area (Å²) in [6, 6.07) is 0. The third kappa shape index (κ3) is 74.1. The molecule has 5 atom stereocenters. The van der Waals surface area contributed by atoms with Gasteiger partial charge < -0.3 is 33.8 Å². The van der Waals surface area contributed by atoms with E-state index in [1.54, 1.807) is 0 Å². The van der Waals surface area contributed by atoms with E-state index in [-0.39, 0.29) is 25.7 Å². The molecule has 0 saturated heterocycles. The van der Waals surface area contributed by atoms with Crippen LogP contribution < -0.4 is 0 Å². The standard InChI is InChI=1S/C80H156O17P2/c1-7-9-11-13-15-17-19-25-34-40-46-52-58-64-79(84)96-75(68-90-77(82)62-56-50-44-38-30-18-16-14-12-10-8-2)70-94-98(86,87)92-66-74(81)67-93-99(88,89)95-71-76(69-91-78(83)63-57-51-45-39-33-28-24-23-27-32-37-43-49-55-61-73(5)6)97-80(85)65-59-53-47-41-35-29-22-20-21-26-31-36-42-48-54-60-72(3)4/h72-76,81H,7-71H2,1-6H3,(H,86,87)(H,88,89)/t74-,75+,76+/m0/s1. The number of phosphoric acid groups is 2. The van der Waals surface area contributed by atoms with Crippen LogP contribution in [-0.4, -0.2) is 96.7 Å². The summed E-state index contributed by atoms with van der Waals surface area (Å²) in [4.78, 5) is 73.0. The summed E-state index contributed by atoms with van der Waals surface area (Å²) < 4.78 is 68.7. The van der Waals surface area contributed by atoms with Crippen LogP contribution in [-0.2, 0) is 65.4 Å². The minimum atomic E-state index is -4.96. The van der Waals surface area contributed by atoms with Gasteiger partial charge >= 0.3 is 39.5 Å². The normalized spacial score (nSPS) is 13.9. The number of aliphatic hydroxyl groups excluding tert-OH is 1. The number of rotatable bonds is 79. The monoisotopic (exact) mass is 1450 g/mol. The molecule has 0 bridgehead atoms. The fourth-order valence-electron chi connectivity index (χ4n) is 12.4. The molecule has 17 nitrogen and oxygen atoms in total. The zero-order valence-corrected chi connectivity index (χ0v) is 66.6. The van der Waals surface area contributed by atoms with Crippen molar-refractivity contribution in [2.75, 3.05) is 39.6 Å². The predicted molar refractivity (Wildman–Crippen MR) is 405 cm³/mol. The van der Waals surface area contributed by atoms with Crippen LogP contribution >= 0.6 is 15.6 Å². The van der Waals surface area contributed by atoms with E-state index in [0.717, 1.165) is 102 Å². The maximum atomic E-state index is 13.1. The molecule has 0 rings (SSSR count). The van der Waals surface area contributed by atoms with Crippen LogP contribution in [0.3, 0.4) is 0 Å². The molecule has 0 aliphatic heterocycles. The molecule has 0 heterocycles. The molecule has 588 valence electrons. The van der Waals surface area contributed by atoms with Crippen molar-refractivity contribution in [1.82, 2.24) is 0 Å². The second-order valence-corrected chi connectivity index (χ2v) is 32.7. The third-order valence-electron chi connectivity index (χ3n) is 18.7. The van der Waals surface area contributed by atoms with Crippen molar-refractivity contribution in [3.8, 4) is 0 Å². The van der Waals surface area contributed by atoms with E-state index in [0.29, 0.717) is 25.7 Å². The summed E-state index contributed by atoms with van der Waals surface area (Å²) >= 11 is 0.